The highest BCUT2D eigenvalue weighted by Crippen LogP contribution is 2.34. The van der Waals surface area contributed by atoms with Crippen molar-refractivity contribution in [1.29, 1.82) is 0 Å². The average Bonchev–Trinajstić information content (AvgIpc) is 3.27. The molecule has 34 heavy (non-hydrogen) atoms. The Hall–Kier alpha value is -2.36. The second kappa shape index (κ2) is 10.1. The molecule has 1 saturated carbocycles. The first-order chi connectivity index (χ1) is 16.5. The van der Waals surface area contributed by atoms with Gasteiger partial charge < -0.3 is 9.42 Å². The summed E-state index contributed by atoms with van der Waals surface area (Å²) in [7, 11) is -3.50. The Labute approximate surface area is 199 Å². The molecule has 0 bridgehead atoms. The van der Waals surface area contributed by atoms with E-state index in [1.807, 2.05) is 0 Å². The molecule has 7 nitrogen and oxygen atoms in total. The highest BCUT2D eigenvalue weighted by atomic mass is 32.2. The minimum Gasteiger partial charge on any atom is -0.356 e. The van der Waals surface area contributed by atoms with E-state index in [1.165, 1.54) is 18.3 Å². The molecule has 1 aliphatic heterocycles. The van der Waals surface area contributed by atoms with E-state index in [4.69, 9.17) is 4.52 Å². The van der Waals surface area contributed by atoms with Crippen molar-refractivity contribution in [2.75, 3.05) is 19.6 Å². The second-order valence-electron chi connectivity index (χ2n) is 9.64. The molecule has 0 amide bonds. The minimum absolute atomic E-state index is 0.00274. The van der Waals surface area contributed by atoms with Crippen LogP contribution in [0.4, 0.5) is 4.39 Å². The first-order valence-electron chi connectivity index (χ1n) is 12.2. The molecule has 1 aliphatic carbocycles. The van der Waals surface area contributed by atoms with Crippen LogP contribution in [0, 0.1) is 11.7 Å². The number of piperidine rings is 1. The van der Waals surface area contributed by atoms with Gasteiger partial charge in [-0.25, -0.2) is 17.5 Å². The molecule has 182 valence electrons. The number of rotatable bonds is 7. The molecule has 2 aromatic heterocycles. The monoisotopic (exact) mass is 486 g/mol. The summed E-state index contributed by atoms with van der Waals surface area (Å²) >= 11 is 0. The minimum atomic E-state index is -3.50. The molecular weight excluding hydrogens is 455 g/mol. The Balaban J connectivity index is 1.05. The standard InChI is InChI=1S/C25H31FN4O3S/c26-20-5-8-23-24(16-20)33-28-25(23)19-10-14-30(15-11-19)13-9-18-3-6-21(7-4-18)29-34(31,32)22-2-1-12-27-17-22/h1-2,5,8,12,16-19,21,29H,3-4,6-7,9-11,13-15H2/t18-,21-. The van der Waals surface area contributed by atoms with Crippen LogP contribution in [0.25, 0.3) is 11.0 Å². The number of nitrogens with one attached hydrogen (secondary N) is 1. The summed E-state index contributed by atoms with van der Waals surface area (Å²) < 4.78 is 46.7. The van der Waals surface area contributed by atoms with E-state index < -0.39 is 10.0 Å². The molecule has 0 spiro atoms. The van der Waals surface area contributed by atoms with Gasteiger partial charge >= 0.3 is 0 Å². The van der Waals surface area contributed by atoms with Crippen molar-refractivity contribution in [3.05, 3.63) is 54.2 Å². The zero-order valence-electron chi connectivity index (χ0n) is 19.2. The lowest BCUT2D eigenvalue weighted by molar-refractivity contribution is 0.183. The Kier molecular flexibility index (Phi) is 6.94. The normalized spacial score (nSPS) is 22.9. The van der Waals surface area contributed by atoms with Gasteiger partial charge in [0.25, 0.3) is 0 Å². The summed E-state index contributed by atoms with van der Waals surface area (Å²) in [6.07, 6.45) is 10.0. The Bertz CT molecular complexity index is 1200. The number of benzene rings is 1. The fourth-order valence-electron chi connectivity index (χ4n) is 5.38. The van der Waals surface area contributed by atoms with Crippen LogP contribution in [0.5, 0.6) is 0 Å². The average molecular weight is 487 g/mol. The van der Waals surface area contributed by atoms with Crippen LogP contribution < -0.4 is 4.72 Å². The zero-order chi connectivity index (χ0) is 23.5. The third-order valence-corrected chi connectivity index (χ3v) is 8.91. The lowest BCUT2D eigenvalue weighted by atomic mass is 9.84. The number of halogens is 1. The lowest BCUT2D eigenvalue weighted by Gasteiger charge is -2.34. The van der Waals surface area contributed by atoms with Gasteiger partial charge in [-0.3, -0.25) is 4.98 Å². The fourth-order valence-corrected chi connectivity index (χ4v) is 6.65. The molecule has 2 aliphatic rings. The molecule has 5 rings (SSSR count). The number of nitrogens with zero attached hydrogens (tertiary/aromatic N) is 3. The summed E-state index contributed by atoms with van der Waals surface area (Å²) in [6, 6.07) is 7.87. The van der Waals surface area contributed by atoms with Crippen LogP contribution in [0.3, 0.4) is 0 Å². The van der Waals surface area contributed by atoms with Crippen molar-refractivity contribution in [2.24, 2.45) is 5.92 Å². The predicted molar refractivity (Wildman–Crippen MR) is 127 cm³/mol. The summed E-state index contributed by atoms with van der Waals surface area (Å²) in [5.41, 5.74) is 1.48. The topological polar surface area (TPSA) is 88.3 Å². The highest BCUT2D eigenvalue weighted by Gasteiger charge is 2.28. The van der Waals surface area contributed by atoms with E-state index in [-0.39, 0.29) is 16.8 Å². The zero-order valence-corrected chi connectivity index (χ0v) is 20.0. The number of aromatic nitrogens is 2. The summed E-state index contributed by atoms with van der Waals surface area (Å²) in [4.78, 5) is 6.67. The van der Waals surface area contributed by atoms with Gasteiger partial charge in [0.1, 0.15) is 10.7 Å². The molecule has 1 aromatic carbocycles. The number of fused-ring (bicyclic) bond motifs is 1. The third kappa shape index (κ3) is 5.31. The summed E-state index contributed by atoms with van der Waals surface area (Å²) in [5.74, 6) is 0.697. The van der Waals surface area contributed by atoms with E-state index in [9.17, 15) is 12.8 Å². The van der Waals surface area contributed by atoms with Crippen LogP contribution in [0.15, 0.2) is 52.1 Å². The molecule has 0 atom stereocenters. The van der Waals surface area contributed by atoms with E-state index in [0.29, 0.717) is 17.4 Å². The van der Waals surface area contributed by atoms with Crippen molar-refractivity contribution >= 4 is 21.0 Å². The highest BCUT2D eigenvalue weighted by molar-refractivity contribution is 7.89. The van der Waals surface area contributed by atoms with Crippen LogP contribution in [-0.2, 0) is 10.0 Å². The maximum absolute atomic E-state index is 13.4. The molecule has 0 unspecified atom stereocenters. The number of likely N-dealkylation sites (tertiary alicyclic amines) is 1. The Morgan fingerprint density at radius 2 is 1.88 bits per heavy atom. The summed E-state index contributed by atoms with van der Waals surface area (Å²) in [6.45, 7) is 3.13. The van der Waals surface area contributed by atoms with Gasteiger partial charge in [-0.1, -0.05) is 5.16 Å². The smallest absolute Gasteiger partial charge is 0.242 e. The van der Waals surface area contributed by atoms with Gasteiger partial charge in [0, 0.05) is 35.8 Å². The van der Waals surface area contributed by atoms with Crippen LogP contribution in [0.1, 0.15) is 56.6 Å². The predicted octanol–water partition coefficient (Wildman–Crippen LogP) is 4.47. The molecule has 0 radical (unpaired) electrons. The molecule has 1 N–H and O–H groups in total. The maximum Gasteiger partial charge on any atom is 0.242 e. The van der Waals surface area contributed by atoms with Gasteiger partial charge in [-0.05, 0) is 94.8 Å². The summed E-state index contributed by atoms with van der Waals surface area (Å²) in [5, 5.41) is 5.17. The number of sulfonamides is 1. The lowest BCUT2D eigenvalue weighted by Crippen LogP contribution is -2.38. The molecular formula is C25H31FN4O3S. The van der Waals surface area contributed by atoms with Crippen molar-refractivity contribution in [3.63, 3.8) is 0 Å². The van der Waals surface area contributed by atoms with E-state index >= 15 is 0 Å². The maximum atomic E-state index is 13.4. The SMILES string of the molecule is O=S(=O)(N[C@H]1CC[C@H](CCN2CCC(c3noc4cc(F)ccc34)CC2)CC1)c1cccnc1. The second-order valence-corrected chi connectivity index (χ2v) is 11.4. The molecule has 2 fully saturated rings. The largest absolute Gasteiger partial charge is 0.356 e. The quantitative estimate of drug-likeness (QED) is 0.530. The number of hydrogen-bond acceptors (Lipinski definition) is 6. The van der Waals surface area contributed by atoms with Gasteiger partial charge in [-0.15, -0.1) is 0 Å². The van der Waals surface area contributed by atoms with Crippen molar-refractivity contribution < 1.29 is 17.3 Å². The number of pyridine rings is 1. The first-order valence-corrected chi connectivity index (χ1v) is 13.7. The van der Waals surface area contributed by atoms with Gasteiger partial charge in [0.05, 0.1) is 5.69 Å². The third-order valence-electron chi connectivity index (χ3n) is 7.40. The van der Waals surface area contributed by atoms with Crippen LogP contribution in [0.2, 0.25) is 0 Å². The van der Waals surface area contributed by atoms with Crippen molar-refractivity contribution in [3.8, 4) is 0 Å². The fraction of sp³-hybridized carbons (Fsp3) is 0.520. The van der Waals surface area contributed by atoms with Crippen LogP contribution >= 0.6 is 0 Å². The van der Waals surface area contributed by atoms with Gasteiger partial charge in [0.2, 0.25) is 10.0 Å². The van der Waals surface area contributed by atoms with Gasteiger partial charge in [-0.2, -0.15) is 0 Å². The van der Waals surface area contributed by atoms with Crippen molar-refractivity contribution in [1.82, 2.24) is 19.8 Å². The molecule has 9 heteroatoms. The van der Waals surface area contributed by atoms with Crippen molar-refractivity contribution in [2.45, 2.75) is 61.8 Å². The first kappa shape index (κ1) is 23.4. The van der Waals surface area contributed by atoms with E-state index in [2.05, 4.69) is 19.8 Å². The van der Waals surface area contributed by atoms with Gasteiger partial charge in [0.15, 0.2) is 5.58 Å². The molecule has 1 saturated heterocycles. The molecule has 3 heterocycles. The van der Waals surface area contributed by atoms with E-state index in [0.717, 1.165) is 75.7 Å². The Morgan fingerprint density at radius 3 is 2.62 bits per heavy atom. The van der Waals surface area contributed by atoms with Crippen LogP contribution in [-0.4, -0.2) is 49.1 Å². The Morgan fingerprint density at radius 1 is 1.09 bits per heavy atom. The van der Waals surface area contributed by atoms with E-state index in [1.54, 1.807) is 24.4 Å². The molecule has 3 aromatic rings. The number of hydrogen-bond donors (Lipinski definition) is 1.